The maximum Gasteiger partial charge on any atom is 0.251 e. The van der Waals surface area contributed by atoms with E-state index in [-0.39, 0.29) is 24.9 Å². The zero-order valence-corrected chi connectivity index (χ0v) is 20.4. The van der Waals surface area contributed by atoms with Crippen LogP contribution in [0.5, 0.6) is 0 Å². The molecule has 2 amide bonds. The zero-order valence-electron chi connectivity index (χ0n) is 20.4. The fourth-order valence-corrected chi connectivity index (χ4v) is 4.13. The SMILES string of the molecule is CN(C)Cc1ccc(C(=O)NCc2cn([C@@H](CC(=O)NO)Cc3ccc4ccccc4c3)nn2)cc1. The summed E-state index contributed by atoms with van der Waals surface area (Å²) in [6.45, 7) is 1.01. The Bertz CT molecular complexity index is 1330. The lowest BCUT2D eigenvalue weighted by atomic mass is 10.00. The summed E-state index contributed by atoms with van der Waals surface area (Å²) in [7, 11) is 3.99. The number of nitrogens with zero attached hydrogens (tertiary/aromatic N) is 4. The van der Waals surface area contributed by atoms with Crippen LogP contribution in [0.3, 0.4) is 0 Å². The van der Waals surface area contributed by atoms with Gasteiger partial charge in [0.05, 0.1) is 25.2 Å². The largest absolute Gasteiger partial charge is 0.346 e. The van der Waals surface area contributed by atoms with E-state index in [0.717, 1.165) is 28.4 Å². The minimum Gasteiger partial charge on any atom is -0.346 e. The van der Waals surface area contributed by atoms with Crippen LogP contribution in [-0.4, -0.2) is 51.0 Å². The third-order valence-corrected chi connectivity index (χ3v) is 5.91. The van der Waals surface area contributed by atoms with E-state index >= 15 is 0 Å². The van der Waals surface area contributed by atoms with E-state index in [2.05, 4.69) is 26.6 Å². The van der Waals surface area contributed by atoms with Gasteiger partial charge in [-0.15, -0.1) is 5.10 Å². The van der Waals surface area contributed by atoms with E-state index in [4.69, 9.17) is 5.21 Å². The number of hydroxylamine groups is 1. The lowest BCUT2D eigenvalue weighted by Crippen LogP contribution is -2.25. The summed E-state index contributed by atoms with van der Waals surface area (Å²) in [5.41, 5.74) is 5.00. The summed E-state index contributed by atoms with van der Waals surface area (Å²) >= 11 is 0. The first-order valence-corrected chi connectivity index (χ1v) is 11.7. The first-order valence-electron chi connectivity index (χ1n) is 11.7. The van der Waals surface area contributed by atoms with Crippen molar-refractivity contribution in [3.8, 4) is 0 Å². The van der Waals surface area contributed by atoms with Crippen LogP contribution in [0.15, 0.2) is 72.9 Å². The number of benzene rings is 3. The van der Waals surface area contributed by atoms with Gasteiger partial charge in [-0.2, -0.15) is 0 Å². The number of nitrogens with one attached hydrogen (secondary N) is 2. The highest BCUT2D eigenvalue weighted by Gasteiger charge is 2.19. The predicted molar refractivity (Wildman–Crippen MR) is 136 cm³/mol. The third kappa shape index (κ3) is 6.53. The molecule has 4 rings (SSSR count). The molecule has 36 heavy (non-hydrogen) atoms. The highest BCUT2D eigenvalue weighted by Crippen LogP contribution is 2.22. The Hall–Kier alpha value is -4.08. The van der Waals surface area contributed by atoms with Crippen LogP contribution in [0.4, 0.5) is 0 Å². The summed E-state index contributed by atoms with van der Waals surface area (Å²) < 4.78 is 1.61. The molecule has 186 valence electrons. The second-order valence-corrected chi connectivity index (χ2v) is 9.09. The molecule has 9 heteroatoms. The van der Waals surface area contributed by atoms with Gasteiger partial charge in [0.1, 0.15) is 5.69 Å². The van der Waals surface area contributed by atoms with Crippen LogP contribution < -0.4 is 10.8 Å². The van der Waals surface area contributed by atoms with E-state index in [1.165, 1.54) is 0 Å². The van der Waals surface area contributed by atoms with Crippen molar-refractivity contribution in [3.63, 3.8) is 0 Å². The summed E-state index contributed by atoms with van der Waals surface area (Å²) in [6, 6.07) is 21.3. The van der Waals surface area contributed by atoms with Crippen molar-refractivity contribution in [3.05, 3.63) is 95.3 Å². The summed E-state index contributed by atoms with van der Waals surface area (Å²) in [6.07, 6.45) is 2.27. The molecule has 9 nitrogen and oxygen atoms in total. The van der Waals surface area contributed by atoms with Gasteiger partial charge >= 0.3 is 0 Å². The molecule has 0 bridgehead atoms. The number of aromatic nitrogens is 3. The van der Waals surface area contributed by atoms with Crippen molar-refractivity contribution in [2.24, 2.45) is 0 Å². The lowest BCUT2D eigenvalue weighted by Gasteiger charge is -2.16. The van der Waals surface area contributed by atoms with Crippen molar-refractivity contribution in [2.75, 3.05) is 14.1 Å². The molecule has 0 fully saturated rings. The summed E-state index contributed by atoms with van der Waals surface area (Å²) in [4.78, 5) is 26.6. The van der Waals surface area contributed by atoms with Crippen LogP contribution in [-0.2, 0) is 24.3 Å². The Morgan fingerprint density at radius 1 is 1.00 bits per heavy atom. The fraction of sp³-hybridized carbons (Fsp3) is 0.259. The minimum atomic E-state index is -0.510. The summed E-state index contributed by atoms with van der Waals surface area (Å²) in [5.74, 6) is -0.711. The van der Waals surface area contributed by atoms with Gasteiger partial charge in [-0.05, 0) is 54.5 Å². The monoisotopic (exact) mass is 486 g/mol. The van der Waals surface area contributed by atoms with Gasteiger partial charge in [0.25, 0.3) is 5.91 Å². The highest BCUT2D eigenvalue weighted by molar-refractivity contribution is 5.94. The van der Waals surface area contributed by atoms with E-state index < -0.39 is 5.91 Å². The van der Waals surface area contributed by atoms with Crippen molar-refractivity contribution in [1.29, 1.82) is 0 Å². The highest BCUT2D eigenvalue weighted by atomic mass is 16.5. The average molecular weight is 487 g/mol. The molecular formula is C27H30N6O3. The van der Waals surface area contributed by atoms with Gasteiger partial charge in [-0.1, -0.05) is 59.8 Å². The van der Waals surface area contributed by atoms with Crippen LogP contribution in [0.2, 0.25) is 0 Å². The Morgan fingerprint density at radius 2 is 1.72 bits per heavy atom. The molecule has 1 atom stereocenters. The molecule has 0 saturated heterocycles. The molecule has 0 unspecified atom stereocenters. The number of carbonyl (C=O) groups excluding carboxylic acids is 2. The molecule has 0 radical (unpaired) electrons. The van der Waals surface area contributed by atoms with E-state index in [0.29, 0.717) is 17.7 Å². The molecule has 1 aromatic heterocycles. The van der Waals surface area contributed by atoms with E-state index in [1.807, 2.05) is 62.6 Å². The third-order valence-electron chi connectivity index (χ3n) is 5.91. The molecule has 3 N–H and O–H groups in total. The molecule has 0 aliphatic rings. The smallest absolute Gasteiger partial charge is 0.251 e. The van der Waals surface area contributed by atoms with Crippen LogP contribution in [0.25, 0.3) is 10.8 Å². The van der Waals surface area contributed by atoms with Gasteiger partial charge < -0.3 is 10.2 Å². The second-order valence-electron chi connectivity index (χ2n) is 9.09. The zero-order chi connectivity index (χ0) is 25.5. The van der Waals surface area contributed by atoms with Crippen LogP contribution in [0.1, 0.15) is 39.6 Å². The van der Waals surface area contributed by atoms with Crippen molar-refractivity contribution in [2.45, 2.75) is 32.0 Å². The lowest BCUT2D eigenvalue weighted by molar-refractivity contribution is -0.130. The van der Waals surface area contributed by atoms with Crippen molar-refractivity contribution in [1.82, 2.24) is 30.7 Å². The average Bonchev–Trinajstić information content (AvgIpc) is 3.36. The minimum absolute atomic E-state index is 0.0256. The number of hydrogen-bond donors (Lipinski definition) is 3. The molecule has 0 aliphatic carbocycles. The summed E-state index contributed by atoms with van der Waals surface area (Å²) in [5, 5.41) is 22.5. The van der Waals surface area contributed by atoms with Gasteiger partial charge in [-0.25, -0.2) is 10.2 Å². The van der Waals surface area contributed by atoms with Crippen molar-refractivity contribution >= 4 is 22.6 Å². The molecule has 0 saturated carbocycles. The molecule has 0 spiro atoms. The Morgan fingerprint density at radius 3 is 2.44 bits per heavy atom. The number of amides is 2. The number of fused-ring (bicyclic) bond motifs is 1. The van der Waals surface area contributed by atoms with Gasteiger partial charge in [0, 0.05) is 12.1 Å². The Balaban J connectivity index is 1.42. The van der Waals surface area contributed by atoms with E-state index in [9.17, 15) is 9.59 Å². The quantitative estimate of drug-likeness (QED) is 0.235. The molecule has 3 aromatic carbocycles. The second kappa shape index (κ2) is 11.6. The fourth-order valence-electron chi connectivity index (χ4n) is 4.13. The molecule has 0 aliphatic heterocycles. The van der Waals surface area contributed by atoms with Gasteiger partial charge in [0.2, 0.25) is 5.91 Å². The normalized spacial score (nSPS) is 12.0. The van der Waals surface area contributed by atoms with Crippen molar-refractivity contribution < 1.29 is 14.8 Å². The molecule has 1 heterocycles. The maximum absolute atomic E-state index is 12.6. The maximum atomic E-state index is 12.6. The number of carbonyl (C=O) groups is 2. The number of hydrogen-bond acceptors (Lipinski definition) is 6. The van der Waals surface area contributed by atoms with Gasteiger partial charge in [0.15, 0.2) is 0 Å². The Labute approximate surface area is 209 Å². The standard InChI is InChI=1S/C27H30N6O3/c1-32(2)17-19-7-11-22(12-8-19)27(35)28-16-24-18-33(31-29-24)25(15-26(34)30-36)14-20-9-10-21-5-3-4-6-23(21)13-20/h3-13,18,25,36H,14-17H2,1-2H3,(H,28,35)(H,30,34)/t25-/m1/s1. The number of rotatable bonds is 10. The first kappa shape index (κ1) is 25.0. The molecular weight excluding hydrogens is 456 g/mol. The predicted octanol–water partition coefficient (Wildman–Crippen LogP) is 3.10. The molecule has 4 aromatic rings. The van der Waals surface area contributed by atoms with E-state index in [1.54, 1.807) is 28.5 Å². The van der Waals surface area contributed by atoms with Crippen LogP contribution >= 0.6 is 0 Å². The van der Waals surface area contributed by atoms with Crippen LogP contribution in [0, 0.1) is 0 Å². The topological polar surface area (TPSA) is 112 Å². The first-order chi connectivity index (χ1) is 17.4. The Kier molecular flexibility index (Phi) is 8.04. The van der Waals surface area contributed by atoms with Gasteiger partial charge in [-0.3, -0.25) is 14.8 Å².